The third-order valence-electron chi connectivity index (χ3n) is 4.66. The second-order valence-electron chi connectivity index (χ2n) is 6.37. The zero-order valence-electron chi connectivity index (χ0n) is 13.7. The molecule has 1 aromatic heterocycles. The van der Waals surface area contributed by atoms with E-state index in [1.54, 1.807) is 13.1 Å². The molecule has 0 radical (unpaired) electrons. The van der Waals surface area contributed by atoms with Crippen molar-refractivity contribution < 1.29 is 9.18 Å². The number of halogens is 1. The Morgan fingerprint density at radius 3 is 2.79 bits per heavy atom. The first-order valence-corrected chi connectivity index (χ1v) is 8.13. The Morgan fingerprint density at radius 2 is 2.12 bits per heavy atom. The zero-order chi connectivity index (χ0) is 17.3. The molecular formula is C17H21FN4O2. The molecule has 2 aromatic rings. The number of nitrogens with two attached hydrogens (primary N) is 1. The zero-order valence-corrected chi connectivity index (χ0v) is 13.7. The van der Waals surface area contributed by atoms with Crippen LogP contribution < -0.4 is 11.3 Å². The molecule has 3 rings (SSSR count). The summed E-state index contributed by atoms with van der Waals surface area (Å²) in [7, 11) is 1.64. The van der Waals surface area contributed by atoms with Crippen LogP contribution in [0.3, 0.4) is 0 Å². The third-order valence-corrected chi connectivity index (χ3v) is 4.66. The van der Waals surface area contributed by atoms with Crippen LogP contribution in [-0.4, -0.2) is 32.9 Å². The Kier molecular flexibility index (Phi) is 4.62. The molecule has 7 heteroatoms. The summed E-state index contributed by atoms with van der Waals surface area (Å²) in [5.74, 6) is -0.824. The van der Waals surface area contributed by atoms with Crippen LogP contribution in [0.4, 0.5) is 4.39 Å². The number of amides is 1. The molecular weight excluding hydrogens is 311 g/mol. The highest BCUT2D eigenvalue weighted by Crippen LogP contribution is 2.24. The molecule has 0 unspecified atom stereocenters. The van der Waals surface area contributed by atoms with Crippen LogP contribution in [0.1, 0.15) is 31.4 Å². The van der Waals surface area contributed by atoms with Gasteiger partial charge < -0.3 is 10.3 Å². The van der Waals surface area contributed by atoms with Gasteiger partial charge in [0.25, 0.3) is 5.56 Å². The minimum Gasteiger partial charge on any atom is -0.369 e. The van der Waals surface area contributed by atoms with E-state index in [9.17, 15) is 14.0 Å². The summed E-state index contributed by atoms with van der Waals surface area (Å²) in [6.07, 6.45) is 4.17. The van der Waals surface area contributed by atoms with Gasteiger partial charge in [-0.1, -0.05) is 12.8 Å². The quantitative estimate of drug-likeness (QED) is 0.895. The number of primary amides is 1. The largest absolute Gasteiger partial charge is 0.369 e. The van der Waals surface area contributed by atoms with Crippen LogP contribution >= 0.6 is 0 Å². The molecule has 1 aliphatic carbocycles. The van der Waals surface area contributed by atoms with E-state index in [1.807, 2.05) is 4.90 Å². The number of aryl methyl sites for hydroxylation is 1. The van der Waals surface area contributed by atoms with Crippen LogP contribution in [0.2, 0.25) is 0 Å². The number of carbonyl (C=O) groups is 1. The first-order chi connectivity index (χ1) is 11.5. The number of hydrogen-bond acceptors (Lipinski definition) is 4. The molecule has 128 valence electrons. The monoisotopic (exact) mass is 332 g/mol. The number of hydrogen-bond donors (Lipinski definition) is 1. The highest BCUT2D eigenvalue weighted by Gasteiger charge is 2.25. The Morgan fingerprint density at radius 1 is 1.42 bits per heavy atom. The lowest BCUT2D eigenvalue weighted by Gasteiger charge is -2.27. The molecule has 1 saturated carbocycles. The molecule has 1 amide bonds. The van der Waals surface area contributed by atoms with Gasteiger partial charge >= 0.3 is 0 Å². The van der Waals surface area contributed by atoms with E-state index in [1.165, 1.54) is 16.7 Å². The van der Waals surface area contributed by atoms with Crippen molar-refractivity contribution >= 4 is 16.9 Å². The van der Waals surface area contributed by atoms with E-state index in [0.717, 1.165) is 25.7 Å². The van der Waals surface area contributed by atoms with Crippen molar-refractivity contribution in [2.75, 3.05) is 6.54 Å². The minimum absolute atomic E-state index is 0.0939. The molecule has 6 nitrogen and oxygen atoms in total. The maximum Gasteiger partial charge on any atom is 0.273 e. The summed E-state index contributed by atoms with van der Waals surface area (Å²) in [6.45, 7) is 0.337. The number of benzene rings is 1. The molecule has 2 N–H and O–H groups in total. The van der Waals surface area contributed by atoms with Gasteiger partial charge in [-0.2, -0.15) is 0 Å². The van der Waals surface area contributed by atoms with E-state index in [4.69, 9.17) is 5.73 Å². The molecule has 1 heterocycles. The van der Waals surface area contributed by atoms with Gasteiger partial charge in [0.05, 0.1) is 17.6 Å². The average molecular weight is 332 g/mol. The molecule has 0 saturated heterocycles. The molecule has 0 aliphatic heterocycles. The summed E-state index contributed by atoms with van der Waals surface area (Å²) in [5.41, 5.74) is 6.44. The first kappa shape index (κ1) is 16.6. The second kappa shape index (κ2) is 6.68. The van der Waals surface area contributed by atoms with Crippen LogP contribution in [0, 0.1) is 5.82 Å². The topological polar surface area (TPSA) is 81.2 Å². The Hall–Kier alpha value is -2.28. The molecule has 0 spiro atoms. The smallest absolute Gasteiger partial charge is 0.273 e. The summed E-state index contributed by atoms with van der Waals surface area (Å²) >= 11 is 0. The van der Waals surface area contributed by atoms with Crippen molar-refractivity contribution in [3.63, 3.8) is 0 Å². The first-order valence-electron chi connectivity index (χ1n) is 8.13. The SMILES string of the molecule is Cn1c(=O)c(CN(CC(N)=O)C2CCCC2)nc2cc(F)ccc21. The standard InChI is InChI=1S/C17H21FN4O2/c1-21-15-7-6-11(18)8-13(15)20-14(17(21)24)9-22(10-16(19)23)12-4-2-3-5-12/h6-8,12H,2-5,9-10H2,1H3,(H2,19,23). The number of rotatable bonds is 5. The fraction of sp³-hybridized carbons (Fsp3) is 0.471. The van der Waals surface area contributed by atoms with E-state index in [2.05, 4.69) is 4.98 Å². The lowest BCUT2D eigenvalue weighted by molar-refractivity contribution is -0.119. The predicted octanol–water partition coefficient (Wildman–Crippen LogP) is 1.30. The molecule has 24 heavy (non-hydrogen) atoms. The highest BCUT2D eigenvalue weighted by molar-refractivity contribution is 5.76. The van der Waals surface area contributed by atoms with E-state index < -0.39 is 11.7 Å². The third kappa shape index (κ3) is 3.31. The van der Waals surface area contributed by atoms with Crippen molar-refractivity contribution in [1.82, 2.24) is 14.5 Å². The van der Waals surface area contributed by atoms with Crippen LogP contribution in [-0.2, 0) is 18.4 Å². The van der Waals surface area contributed by atoms with E-state index >= 15 is 0 Å². The van der Waals surface area contributed by atoms with Gasteiger partial charge in [0.2, 0.25) is 5.91 Å². The van der Waals surface area contributed by atoms with E-state index in [-0.39, 0.29) is 24.7 Å². The normalized spacial score (nSPS) is 15.5. The molecule has 1 aromatic carbocycles. The Balaban J connectivity index is 1.98. The van der Waals surface area contributed by atoms with Crippen molar-refractivity contribution in [3.8, 4) is 0 Å². The summed E-state index contributed by atoms with van der Waals surface area (Å²) < 4.78 is 14.9. The Labute approximate surface area is 139 Å². The van der Waals surface area contributed by atoms with Crippen molar-refractivity contribution in [2.24, 2.45) is 12.8 Å². The number of fused-ring (bicyclic) bond motifs is 1. The van der Waals surface area contributed by atoms with Gasteiger partial charge in [0, 0.05) is 25.7 Å². The van der Waals surface area contributed by atoms with Gasteiger partial charge in [-0.25, -0.2) is 9.37 Å². The molecule has 1 aliphatic rings. The van der Waals surface area contributed by atoms with Crippen LogP contribution in [0.5, 0.6) is 0 Å². The minimum atomic E-state index is -0.425. The van der Waals surface area contributed by atoms with Gasteiger partial charge in [-0.3, -0.25) is 14.5 Å². The maximum atomic E-state index is 13.5. The van der Waals surface area contributed by atoms with Crippen LogP contribution in [0.15, 0.2) is 23.0 Å². The number of aromatic nitrogens is 2. The van der Waals surface area contributed by atoms with Crippen molar-refractivity contribution in [3.05, 3.63) is 40.1 Å². The number of nitrogens with zero attached hydrogens (tertiary/aromatic N) is 3. The van der Waals surface area contributed by atoms with Crippen molar-refractivity contribution in [1.29, 1.82) is 0 Å². The summed E-state index contributed by atoms with van der Waals surface area (Å²) in [5, 5.41) is 0. The summed E-state index contributed by atoms with van der Waals surface area (Å²) in [4.78, 5) is 30.2. The van der Waals surface area contributed by atoms with Gasteiger partial charge in [0.1, 0.15) is 11.5 Å². The predicted molar refractivity (Wildman–Crippen MR) is 88.8 cm³/mol. The van der Waals surface area contributed by atoms with Gasteiger partial charge in [-0.05, 0) is 25.0 Å². The molecule has 1 fully saturated rings. The lowest BCUT2D eigenvalue weighted by Crippen LogP contribution is -2.41. The van der Waals surface area contributed by atoms with E-state index in [0.29, 0.717) is 16.7 Å². The highest BCUT2D eigenvalue weighted by atomic mass is 19.1. The lowest BCUT2D eigenvalue weighted by atomic mass is 10.2. The Bertz CT molecular complexity index is 827. The van der Waals surface area contributed by atoms with Crippen LogP contribution in [0.25, 0.3) is 11.0 Å². The van der Waals surface area contributed by atoms with Gasteiger partial charge in [0.15, 0.2) is 0 Å². The number of carbonyl (C=O) groups excluding carboxylic acids is 1. The molecule has 0 bridgehead atoms. The average Bonchev–Trinajstić information content (AvgIpc) is 3.05. The van der Waals surface area contributed by atoms with Crippen molar-refractivity contribution in [2.45, 2.75) is 38.3 Å². The maximum absolute atomic E-state index is 13.5. The van der Waals surface area contributed by atoms with Gasteiger partial charge in [-0.15, -0.1) is 0 Å². The second-order valence-corrected chi connectivity index (χ2v) is 6.37. The fourth-order valence-corrected chi connectivity index (χ4v) is 3.45. The molecule has 0 atom stereocenters. The summed E-state index contributed by atoms with van der Waals surface area (Å²) in [6, 6.07) is 4.39. The fourth-order valence-electron chi connectivity index (χ4n) is 3.45.